The first-order valence-electron chi connectivity index (χ1n) is 6.00. The van der Waals surface area contributed by atoms with Gasteiger partial charge in [0.1, 0.15) is 6.54 Å². The number of carboxylic acid groups (broad SMARTS) is 1. The van der Waals surface area contributed by atoms with Crippen LogP contribution in [0.4, 0.5) is 4.79 Å². The molecule has 0 aliphatic heterocycles. The van der Waals surface area contributed by atoms with Gasteiger partial charge in [-0.25, -0.2) is 9.78 Å². The molecule has 0 atom stereocenters. The van der Waals surface area contributed by atoms with Gasteiger partial charge in [-0.05, 0) is 5.56 Å². The zero-order valence-electron chi connectivity index (χ0n) is 11.4. The molecule has 0 aliphatic carbocycles. The summed E-state index contributed by atoms with van der Waals surface area (Å²) in [6, 6.07) is 2.86. The van der Waals surface area contributed by atoms with Gasteiger partial charge in [0.15, 0.2) is 0 Å². The number of hydrogen-bond donors (Lipinski definition) is 4. The van der Waals surface area contributed by atoms with Crippen LogP contribution in [0.2, 0.25) is 0 Å². The van der Waals surface area contributed by atoms with E-state index in [2.05, 4.69) is 20.9 Å². The number of amides is 3. The molecule has 0 saturated heterocycles. The highest BCUT2D eigenvalue weighted by Crippen LogP contribution is 2.05. The van der Waals surface area contributed by atoms with Gasteiger partial charge < -0.3 is 25.8 Å². The molecule has 0 radical (unpaired) electrons. The van der Waals surface area contributed by atoms with Gasteiger partial charge in [-0.2, -0.15) is 0 Å². The number of nitrogens with one attached hydrogen (secondary N) is 3. The number of carbonyl (C=O) groups excluding carboxylic acids is 2. The molecular weight excluding hydrogens is 280 g/mol. The molecule has 0 unspecified atom stereocenters. The zero-order chi connectivity index (χ0) is 15.7. The normalized spacial score (nSPS) is 9.57. The lowest BCUT2D eigenvalue weighted by molar-refractivity contribution is -0.137. The van der Waals surface area contributed by atoms with Crippen LogP contribution < -0.4 is 20.7 Å². The van der Waals surface area contributed by atoms with E-state index in [1.54, 1.807) is 18.3 Å². The Kier molecular flexibility index (Phi) is 6.45. The Morgan fingerprint density at radius 3 is 2.52 bits per heavy atom. The topological polar surface area (TPSA) is 130 Å². The monoisotopic (exact) mass is 296 g/mol. The number of carbonyl (C=O) groups is 3. The smallest absolute Gasteiger partial charge is 0.322 e. The number of hydrogen-bond acceptors (Lipinski definition) is 5. The molecule has 21 heavy (non-hydrogen) atoms. The van der Waals surface area contributed by atoms with E-state index in [-0.39, 0.29) is 13.1 Å². The summed E-state index contributed by atoms with van der Waals surface area (Å²) in [6.07, 6.45) is 1.55. The summed E-state index contributed by atoms with van der Waals surface area (Å²) >= 11 is 0. The molecule has 3 amide bonds. The van der Waals surface area contributed by atoms with Crippen LogP contribution >= 0.6 is 0 Å². The molecule has 1 aromatic rings. The Morgan fingerprint density at radius 1 is 1.19 bits per heavy atom. The minimum absolute atomic E-state index is 0.236. The number of ether oxygens (including phenoxy) is 1. The van der Waals surface area contributed by atoms with Crippen molar-refractivity contribution in [1.82, 2.24) is 20.9 Å². The van der Waals surface area contributed by atoms with Gasteiger partial charge in [-0.15, -0.1) is 0 Å². The van der Waals surface area contributed by atoms with Crippen molar-refractivity contribution in [2.75, 3.05) is 20.2 Å². The Labute approximate surface area is 120 Å². The average Bonchev–Trinajstić information content (AvgIpc) is 2.49. The van der Waals surface area contributed by atoms with Crippen LogP contribution in [-0.2, 0) is 16.1 Å². The number of carboxylic acids is 1. The number of rotatable bonds is 7. The van der Waals surface area contributed by atoms with Gasteiger partial charge in [0, 0.05) is 18.8 Å². The molecule has 0 saturated carbocycles. The van der Waals surface area contributed by atoms with Gasteiger partial charge in [-0.3, -0.25) is 9.59 Å². The van der Waals surface area contributed by atoms with Crippen LogP contribution in [0.1, 0.15) is 5.56 Å². The van der Waals surface area contributed by atoms with E-state index in [9.17, 15) is 14.4 Å². The lowest BCUT2D eigenvalue weighted by Crippen LogP contribution is -2.42. The number of aliphatic carboxylic acids is 1. The Balaban J connectivity index is 2.24. The van der Waals surface area contributed by atoms with Crippen LogP contribution in [-0.4, -0.2) is 48.2 Å². The number of nitrogens with zero attached hydrogens (tertiary/aromatic N) is 1. The summed E-state index contributed by atoms with van der Waals surface area (Å²) in [5.41, 5.74) is 0.765. The lowest BCUT2D eigenvalue weighted by atomic mass is 10.3. The number of aromatic nitrogens is 1. The van der Waals surface area contributed by atoms with Gasteiger partial charge in [-0.1, -0.05) is 6.07 Å². The molecular formula is C12H16N4O5. The summed E-state index contributed by atoms with van der Waals surface area (Å²) in [4.78, 5) is 36.8. The van der Waals surface area contributed by atoms with Crippen molar-refractivity contribution >= 4 is 17.9 Å². The second-order valence-corrected chi connectivity index (χ2v) is 3.92. The number of pyridine rings is 1. The van der Waals surface area contributed by atoms with Crippen molar-refractivity contribution in [3.05, 3.63) is 23.9 Å². The first-order valence-corrected chi connectivity index (χ1v) is 6.00. The highest BCUT2D eigenvalue weighted by Gasteiger charge is 2.06. The maximum atomic E-state index is 11.4. The third-order valence-electron chi connectivity index (χ3n) is 2.31. The van der Waals surface area contributed by atoms with Gasteiger partial charge in [0.25, 0.3) is 0 Å². The second-order valence-electron chi connectivity index (χ2n) is 3.92. The van der Waals surface area contributed by atoms with E-state index in [1.807, 2.05) is 0 Å². The average molecular weight is 296 g/mol. The summed E-state index contributed by atoms with van der Waals surface area (Å²) in [5.74, 6) is -1.27. The highest BCUT2D eigenvalue weighted by atomic mass is 16.5. The summed E-state index contributed by atoms with van der Waals surface area (Å²) in [7, 11) is 1.50. The third kappa shape index (κ3) is 6.76. The van der Waals surface area contributed by atoms with Gasteiger partial charge in [0.05, 0.1) is 13.7 Å². The first kappa shape index (κ1) is 16.2. The molecule has 4 N–H and O–H groups in total. The molecule has 0 bridgehead atoms. The summed E-state index contributed by atoms with van der Waals surface area (Å²) < 4.78 is 4.90. The predicted octanol–water partition coefficient (Wildman–Crippen LogP) is -0.910. The predicted molar refractivity (Wildman–Crippen MR) is 71.7 cm³/mol. The molecule has 0 fully saturated rings. The lowest BCUT2D eigenvalue weighted by Gasteiger charge is -2.07. The van der Waals surface area contributed by atoms with E-state index < -0.39 is 24.5 Å². The van der Waals surface area contributed by atoms with E-state index in [0.717, 1.165) is 5.56 Å². The first-order chi connectivity index (χ1) is 10.0. The molecule has 114 valence electrons. The standard InChI is InChI=1S/C12H16N4O5/c1-21-10-3-2-8(4-14-10)5-15-12(20)16-6-9(17)13-7-11(18)19/h2-4H,5-7H2,1H3,(H,13,17)(H,18,19)(H2,15,16,20). The van der Waals surface area contributed by atoms with Crippen LogP contribution in [0.3, 0.4) is 0 Å². The van der Waals surface area contributed by atoms with Crippen molar-refractivity contribution < 1.29 is 24.2 Å². The largest absolute Gasteiger partial charge is 0.481 e. The Morgan fingerprint density at radius 2 is 1.95 bits per heavy atom. The molecule has 9 nitrogen and oxygen atoms in total. The van der Waals surface area contributed by atoms with Crippen LogP contribution in [0.25, 0.3) is 0 Å². The molecule has 0 spiro atoms. The maximum absolute atomic E-state index is 11.4. The molecule has 0 aromatic carbocycles. The van der Waals surface area contributed by atoms with Crippen LogP contribution in [0, 0.1) is 0 Å². The van der Waals surface area contributed by atoms with Crippen molar-refractivity contribution in [1.29, 1.82) is 0 Å². The van der Waals surface area contributed by atoms with Gasteiger partial charge in [0.2, 0.25) is 11.8 Å². The fourth-order valence-corrected chi connectivity index (χ4v) is 1.28. The van der Waals surface area contributed by atoms with Crippen molar-refractivity contribution in [3.63, 3.8) is 0 Å². The fraction of sp³-hybridized carbons (Fsp3) is 0.333. The highest BCUT2D eigenvalue weighted by molar-refractivity contribution is 5.86. The summed E-state index contributed by atoms with van der Waals surface area (Å²) in [5, 5.41) is 15.3. The van der Waals surface area contributed by atoms with E-state index in [4.69, 9.17) is 9.84 Å². The quantitative estimate of drug-likeness (QED) is 0.515. The minimum Gasteiger partial charge on any atom is -0.481 e. The van der Waals surface area contributed by atoms with Crippen LogP contribution in [0.15, 0.2) is 18.3 Å². The van der Waals surface area contributed by atoms with E-state index in [0.29, 0.717) is 5.88 Å². The maximum Gasteiger partial charge on any atom is 0.322 e. The third-order valence-corrected chi connectivity index (χ3v) is 2.31. The zero-order valence-corrected chi connectivity index (χ0v) is 11.4. The SMILES string of the molecule is COc1ccc(CNC(=O)NCC(=O)NCC(=O)O)cn1. The fourth-order valence-electron chi connectivity index (χ4n) is 1.28. The molecule has 1 heterocycles. The van der Waals surface area contributed by atoms with Crippen molar-refractivity contribution in [3.8, 4) is 5.88 Å². The molecule has 0 aliphatic rings. The van der Waals surface area contributed by atoms with Crippen molar-refractivity contribution in [2.45, 2.75) is 6.54 Å². The van der Waals surface area contributed by atoms with Crippen molar-refractivity contribution in [2.24, 2.45) is 0 Å². The van der Waals surface area contributed by atoms with E-state index in [1.165, 1.54) is 7.11 Å². The Hall–Kier alpha value is -2.84. The minimum atomic E-state index is -1.15. The number of urea groups is 1. The molecule has 1 rings (SSSR count). The summed E-state index contributed by atoms with van der Waals surface area (Å²) in [6.45, 7) is -0.556. The number of methoxy groups -OCH3 is 1. The van der Waals surface area contributed by atoms with E-state index >= 15 is 0 Å². The van der Waals surface area contributed by atoms with Crippen LogP contribution in [0.5, 0.6) is 5.88 Å². The molecule has 1 aromatic heterocycles. The molecule has 9 heteroatoms. The second kappa shape index (κ2) is 8.35. The van der Waals surface area contributed by atoms with Gasteiger partial charge >= 0.3 is 12.0 Å². The Bertz CT molecular complexity index is 503.